The zero-order chi connectivity index (χ0) is 21.8. The van der Waals surface area contributed by atoms with E-state index in [0.29, 0.717) is 0 Å². The summed E-state index contributed by atoms with van der Waals surface area (Å²) in [6.07, 6.45) is 0. The van der Waals surface area contributed by atoms with Gasteiger partial charge in [-0.25, -0.2) is 0 Å². The molecule has 0 saturated heterocycles. The molecular formula is C28H26O2S. The number of hydrogen-bond acceptors (Lipinski definition) is 3. The molecule has 0 saturated carbocycles. The van der Waals surface area contributed by atoms with Crippen molar-refractivity contribution in [2.45, 2.75) is 37.5 Å². The van der Waals surface area contributed by atoms with Gasteiger partial charge in [0.1, 0.15) is 23.0 Å². The van der Waals surface area contributed by atoms with Crippen molar-refractivity contribution >= 4 is 11.8 Å². The Labute approximate surface area is 188 Å². The third-order valence-corrected chi connectivity index (χ3v) is 6.02. The Morgan fingerprint density at radius 2 is 0.871 bits per heavy atom. The lowest BCUT2D eigenvalue weighted by molar-refractivity contribution is 0.478. The lowest BCUT2D eigenvalue weighted by atomic mass is 10.1. The molecule has 4 aromatic rings. The maximum atomic E-state index is 6.03. The molecule has 0 amide bonds. The van der Waals surface area contributed by atoms with Gasteiger partial charge in [0.05, 0.1) is 0 Å². The summed E-state index contributed by atoms with van der Waals surface area (Å²) in [5.41, 5.74) is 4.76. The Bertz CT molecular complexity index is 1080. The van der Waals surface area contributed by atoms with Crippen LogP contribution in [0, 0.1) is 27.7 Å². The Hall–Kier alpha value is -3.17. The van der Waals surface area contributed by atoms with Gasteiger partial charge in [-0.1, -0.05) is 47.2 Å². The highest BCUT2D eigenvalue weighted by Gasteiger charge is 2.05. The molecule has 0 N–H and O–H groups in total. The van der Waals surface area contributed by atoms with Crippen molar-refractivity contribution in [3.8, 4) is 23.0 Å². The molecule has 0 fully saturated rings. The SMILES string of the molecule is Cc1ccc(Oc2ccc(Sc3ccc(Oc4ccc(C)cc4C)cc3)cc2)c(C)c1. The summed E-state index contributed by atoms with van der Waals surface area (Å²) < 4.78 is 12.1. The predicted molar refractivity (Wildman–Crippen MR) is 129 cm³/mol. The zero-order valence-corrected chi connectivity index (χ0v) is 19.1. The van der Waals surface area contributed by atoms with Crippen LogP contribution in [0.4, 0.5) is 0 Å². The smallest absolute Gasteiger partial charge is 0.130 e. The molecule has 0 bridgehead atoms. The molecule has 0 unspecified atom stereocenters. The molecule has 0 aliphatic rings. The van der Waals surface area contributed by atoms with Crippen molar-refractivity contribution in [2.75, 3.05) is 0 Å². The minimum atomic E-state index is 0.841. The average molecular weight is 427 g/mol. The molecule has 3 heteroatoms. The van der Waals surface area contributed by atoms with E-state index in [1.165, 1.54) is 11.1 Å². The van der Waals surface area contributed by atoms with Gasteiger partial charge in [0.25, 0.3) is 0 Å². The minimum Gasteiger partial charge on any atom is -0.457 e. The molecule has 156 valence electrons. The van der Waals surface area contributed by atoms with E-state index in [1.54, 1.807) is 11.8 Å². The van der Waals surface area contributed by atoms with Gasteiger partial charge in [-0.15, -0.1) is 0 Å². The zero-order valence-electron chi connectivity index (χ0n) is 18.3. The first-order valence-corrected chi connectivity index (χ1v) is 11.2. The van der Waals surface area contributed by atoms with E-state index < -0.39 is 0 Å². The molecule has 0 aliphatic heterocycles. The maximum Gasteiger partial charge on any atom is 0.130 e. The van der Waals surface area contributed by atoms with Crippen LogP contribution in [0.5, 0.6) is 23.0 Å². The maximum absolute atomic E-state index is 6.03. The van der Waals surface area contributed by atoms with E-state index in [1.807, 2.05) is 36.4 Å². The molecular weight excluding hydrogens is 400 g/mol. The molecule has 0 radical (unpaired) electrons. The highest BCUT2D eigenvalue weighted by atomic mass is 32.2. The third kappa shape index (κ3) is 5.50. The number of aryl methyl sites for hydroxylation is 4. The third-order valence-electron chi connectivity index (χ3n) is 5.00. The molecule has 2 nitrogen and oxygen atoms in total. The standard InChI is InChI=1S/C28H26O2S/c1-19-5-15-27(21(3)17-19)29-23-7-11-25(12-8-23)31-26-13-9-24(10-14-26)30-28-16-6-20(2)18-22(28)4/h5-18H,1-4H3. The number of rotatable bonds is 6. The molecule has 31 heavy (non-hydrogen) atoms. The average Bonchev–Trinajstić information content (AvgIpc) is 2.75. The highest BCUT2D eigenvalue weighted by Crippen LogP contribution is 2.33. The van der Waals surface area contributed by atoms with E-state index in [-0.39, 0.29) is 0 Å². The Morgan fingerprint density at radius 3 is 1.23 bits per heavy atom. The fourth-order valence-corrected chi connectivity index (χ4v) is 4.19. The van der Waals surface area contributed by atoms with Gasteiger partial charge in [-0.3, -0.25) is 0 Å². The van der Waals surface area contributed by atoms with Crippen LogP contribution < -0.4 is 9.47 Å². The number of benzene rings is 4. The summed E-state index contributed by atoms with van der Waals surface area (Å²) in [6, 6.07) is 28.8. The van der Waals surface area contributed by atoms with E-state index in [9.17, 15) is 0 Å². The largest absolute Gasteiger partial charge is 0.457 e. The summed E-state index contributed by atoms with van der Waals surface area (Å²) in [5.74, 6) is 3.47. The first kappa shape index (κ1) is 21.1. The molecule has 0 aliphatic carbocycles. The summed E-state index contributed by atoms with van der Waals surface area (Å²) in [4.78, 5) is 2.33. The fraction of sp³-hybridized carbons (Fsp3) is 0.143. The molecule has 0 atom stereocenters. The Balaban J connectivity index is 1.39. The van der Waals surface area contributed by atoms with E-state index in [2.05, 4.69) is 76.2 Å². The predicted octanol–water partition coefficient (Wildman–Crippen LogP) is 8.66. The molecule has 4 rings (SSSR count). The van der Waals surface area contributed by atoms with Crippen molar-refractivity contribution < 1.29 is 9.47 Å². The van der Waals surface area contributed by atoms with Crippen LogP contribution in [0.2, 0.25) is 0 Å². The second-order valence-electron chi connectivity index (χ2n) is 7.79. The van der Waals surface area contributed by atoms with Gasteiger partial charge in [0.2, 0.25) is 0 Å². The van der Waals surface area contributed by atoms with Crippen LogP contribution in [0.15, 0.2) is 94.7 Å². The fourth-order valence-electron chi connectivity index (χ4n) is 3.37. The summed E-state index contributed by atoms with van der Waals surface area (Å²) in [6.45, 7) is 8.32. The second-order valence-corrected chi connectivity index (χ2v) is 8.93. The lowest BCUT2D eigenvalue weighted by Gasteiger charge is -2.11. The van der Waals surface area contributed by atoms with Gasteiger partial charge in [-0.05, 0) is 99.5 Å². The Kier molecular flexibility index (Phi) is 6.34. The van der Waals surface area contributed by atoms with Crippen LogP contribution in [0.1, 0.15) is 22.3 Å². The number of ether oxygens (including phenoxy) is 2. The topological polar surface area (TPSA) is 18.5 Å². The van der Waals surface area contributed by atoms with Crippen LogP contribution in [-0.4, -0.2) is 0 Å². The second kappa shape index (κ2) is 9.32. The monoisotopic (exact) mass is 426 g/mol. The Morgan fingerprint density at radius 1 is 0.484 bits per heavy atom. The van der Waals surface area contributed by atoms with E-state index in [4.69, 9.17) is 9.47 Å². The van der Waals surface area contributed by atoms with Gasteiger partial charge >= 0.3 is 0 Å². The minimum absolute atomic E-state index is 0.841. The van der Waals surface area contributed by atoms with Crippen molar-refractivity contribution in [1.29, 1.82) is 0 Å². The summed E-state index contributed by atoms with van der Waals surface area (Å²) in [5, 5.41) is 0. The van der Waals surface area contributed by atoms with Gasteiger partial charge < -0.3 is 9.47 Å². The van der Waals surface area contributed by atoms with Gasteiger partial charge in [-0.2, -0.15) is 0 Å². The van der Waals surface area contributed by atoms with Gasteiger partial charge in [0.15, 0.2) is 0 Å². The lowest BCUT2D eigenvalue weighted by Crippen LogP contribution is -1.88. The van der Waals surface area contributed by atoms with Crippen LogP contribution in [0.3, 0.4) is 0 Å². The molecule has 4 aromatic carbocycles. The van der Waals surface area contributed by atoms with E-state index in [0.717, 1.165) is 43.9 Å². The van der Waals surface area contributed by atoms with Crippen LogP contribution in [0.25, 0.3) is 0 Å². The van der Waals surface area contributed by atoms with Crippen molar-refractivity contribution in [3.63, 3.8) is 0 Å². The normalized spacial score (nSPS) is 10.7. The summed E-state index contributed by atoms with van der Waals surface area (Å²) >= 11 is 1.72. The quantitative estimate of drug-likeness (QED) is 0.307. The number of hydrogen-bond donors (Lipinski definition) is 0. The van der Waals surface area contributed by atoms with Crippen molar-refractivity contribution in [1.82, 2.24) is 0 Å². The van der Waals surface area contributed by atoms with E-state index >= 15 is 0 Å². The highest BCUT2D eigenvalue weighted by molar-refractivity contribution is 7.99. The van der Waals surface area contributed by atoms with Crippen LogP contribution in [-0.2, 0) is 0 Å². The molecule has 0 aromatic heterocycles. The molecule has 0 heterocycles. The molecule has 0 spiro atoms. The van der Waals surface area contributed by atoms with Crippen molar-refractivity contribution in [3.05, 3.63) is 107 Å². The first-order chi connectivity index (χ1) is 15.0. The van der Waals surface area contributed by atoms with Crippen LogP contribution >= 0.6 is 11.8 Å². The van der Waals surface area contributed by atoms with Gasteiger partial charge in [0, 0.05) is 9.79 Å². The van der Waals surface area contributed by atoms with Crippen molar-refractivity contribution in [2.24, 2.45) is 0 Å². The summed E-state index contributed by atoms with van der Waals surface area (Å²) in [7, 11) is 0. The first-order valence-electron chi connectivity index (χ1n) is 10.3.